The molecule has 0 saturated carbocycles. The third-order valence-corrected chi connectivity index (χ3v) is 2.98. The van der Waals surface area contributed by atoms with Crippen molar-refractivity contribution in [3.05, 3.63) is 66.7 Å². The summed E-state index contributed by atoms with van der Waals surface area (Å²) in [6, 6.07) is 11.1. The highest BCUT2D eigenvalue weighted by Crippen LogP contribution is 2.24. The van der Waals surface area contributed by atoms with Gasteiger partial charge in [-0.05, 0) is 36.4 Å². The van der Waals surface area contributed by atoms with E-state index in [1.54, 1.807) is 30.9 Å². The third kappa shape index (κ3) is 2.31. The first kappa shape index (κ1) is 12.2. The minimum absolute atomic E-state index is 0.564. The van der Waals surface area contributed by atoms with Crippen LogP contribution in [0, 0.1) is 0 Å². The molecule has 4 heteroatoms. The summed E-state index contributed by atoms with van der Waals surface area (Å²) >= 11 is 0. The maximum Gasteiger partial charge on any atom is 0.152 e. The molecule has 3 heterocycles. The SMILES string of the molecule is O=Cc1ccc(-c2ccncc2)nc1-c1ccncc1. The van der Waals surface area contributed by atoms with Gasteiger partial charge in [0.1, 0.15) is 0 Å². The third-order valence-electron chi connectivity index (χ3n) is 2.98. The number of nitrogens with zero attached hydrogens (tertiary/aromatic N) is 3. The van der Waals surface area contributed by atoms with Gasteiger partial charge in [-0.1, -0.05) is 0 Å². The average Bonchev–Trinajstić information content (AvgIpc) is 2.56. The number of hydrogen-bond donors (Lipinski definition) is 0. The molecular weight excluding hydrogens is 250 g/mol. The zero-order valence-electron chi connectivity index (χ0n) is 10.6. The summed E-state index contributed by atoms with van der Waals surface area (Å²) in [5.74, 6) is 0. The topological polar surface area (TPSA) is 55.7 Å². The summed E-state index contributed by atoms with van der Waals surface area (Å²) in [6.45, 7) is 0. The Morgan fingerprint density at radius 1 is 0.750 bits per heavy atom. The van der Waals surface area contributed by atoms with E-state index in [4.69, 9.17) is 0 Å². The number of aromatic nitrogens is 3. The van der Waals surface area contributed by atoms with Crippen LogP contribution < -0.4 is 0 Å². The van der Waals surface area contributed by atoms with Crippen LogP contribution >= 0.6 is 0 Å². The lowest BCUT2D eigenvalue weighted by Gasteiger charge is -2.07. The molecule has 0 atom stereocenters. The predicted octanol–water partition coefficient (Wildman–Crippen LogP) is 3.02. The fourth-order valence-electron chi connectivity index (χ4n) is 1.99. The van der Waals surface area contributed by atoms with E-state index in [-0.39, 0.29) is 0 Å². The van der Waals surface area contributed by atoms with Gasteiger partial charge in [-0.3, -0.25) is 14.8 Å². The van der Waals surface area contributed by atoms with E-state index in [2.05, 4.69) is 15.0 Å². The molecule has 3 aromatic rings. The van der Waals surface area contributed by atoms with Crippen LogP contribution in [0.5, 0.6) is 0 Å². The predicted molar refractivity (Wildman–Crippen MR) is 76.1 cm³/mol. The van der Waals surface area contributed by atoms with Crippen LogP contribution in [0.2, 0.25) is 0 Å². The Bertz CT molecular complexity index is 727. The van der Waals surface area contributed by atoms with Crippen LogP contribution in [0.1, 0.15) is 10.4 Å². The molecule has 4 nitrogen and oxygen atoms in total. The summed E-state index contributed by atoms with van der Waals surface area (Å²) < 4.78 is 0. The number of carbonyl (C=O) groups excluding carboxylic acids is 1. The molecule has 0 fully saturated rings. The van der Waals surface area contributed by atoms with Gasteiger partial charge in [0.05, 0.1) is 11.4 Å². The average molecular weight is 261 g/mol. The fourth-order valence-corrected chi connectivity index (χ4v) is 1.99. The highest BCUT2D eigenvalue weighted by molar-refractivity contribution is 5.86. The Hall–Kier alpha value is -2.88. The van der Waals surface area contributed by atoms with Crippen molar-refractivity contribution in [2.75, 3.05) is 0 Å². The van der Waals surface area contributed by atoms with Crippen molar-refractivity contribution in [1.82, 2.24) is 15.0 Å². The molecule has 0 spiro atoms. The zero-order valence-corrected chi connectivity index (χ0v) is 10.6. The van der Waals surface area contributed by atoms with E-state index in [1.165, 1.54) is 0 Å². The molecular formula is C16H11N3O. The van der Waals surface area contributed by atoms with Gasteiger partial charge >= 0.3 is 0 Å². The van der Waals surface area contributed by atoms with Crippen molar-refractivity contribution in [3.8, 4) is 22.5 Å². The first-order valence-electron chi connectivity index (χ1n) is 6.15. The fraction of sp³-hybridized carbons (Fsp3) is 0. The summed E-state index contributed by atoms with van der Waals surface area (Å²) in [7, 11) is 0. The maximum absolute atomic E-state index is 11.2. The molecule has 0 bridgehead atoms. The maximum atomic E-state index is 11.2. The summed E-state index contributed by atoms with van der Waals surface area (Å²) in [6.07, 6.45) is 7.63. The Balaban J connectivity index is 2.16. The van der Waals surface area contributed by atoms with E-state index < -0.39 is 0 Å². The minimum Gasteiger partial charge on any atom is -0.298 e. The second-order valence-corrected chi connectivity index (χ2v) is 4.22. The van der Waals surface area contributed by atoms with Crippen molar-refractivity contribution in [3.63, 3.8) is 0 Å². The Morgan fingerprint density at radius 2 is 1.35 bits per heavy atom. The highest BCUT2D eigenvalue weighted by atomic mass is 16.1. The molecule has 0 unspecified atom stereocenters. The summed E-state index contributed by atoms with van der Waals surface area (Å²) in [5.41, 5.74) is 3.88. The van der Waals surface area contributed by atoms with Crippen LogP contribution in [-0.4, -0.2) is 21.2 Å². The molecule has 0 aromatic carbocycles. The number of aldehydes is 1. The molecule has 3 aromatic heterocycles. The normalized spacial score (nSPS) is 10.2. The molecule has 0 amide bonds. The first-order chi connectivity index (χ1) is 9.88. The lowest BCUT2D eigenvalue weighted by atomic mass is 10.1. The monoisotopic (exact) mass is 261 g/mol. The molecule has 0 saturated heterocycles. The lowest BCUT2D eigenvalue weighted by Crippen LogP contribution is -1.94. The lowest BCUT2D eigenvalue weighted by molar-refractivity contribution is 0.112. The van der Waals surface area contributed by atoms with Crippen LogP contribution in [0.25, 0.3) is 22.5 Å². The molecule has 0 radical (unpaired) electrons. The number of rotatable bonds is 3. The highest BCUT2D eigenvalue weighted by Gasteiger charge is 2.08. The standard InChI is InChI=1S/C16H11N3O/c20-11-14-1-2-15(12-3-7-17-8-4-12)19-16(14)13-5-9-18-10-6-13/h1-11H. The quantitative estimate of drug-likeness (QED) is 0.680. The Kier molecular flexibility index (Phi) is 3.29. The van der Waals surface area contributed by atoms with Crippen LogP contribution in [0.4, 0.5) is 0 Å². The van der Waals surface area contributed by atoms with Crippen molar-refractivity contribution in [2.24, 2.45) is 0 Å². The van der Waals surface area contributed by atoms with Gasteiger partial charge in [-0.2, -0.15) is 0 Å². The van der Waals surface area contributed by atoms with Crippen molar-refractivity contribution >= 4 is 6.29 Å². The van der Waals surface area contributed by atoms with E-state index in [0.717, 1.165) is 23.1 Å². The zero-order chi connectivity index (χ0) is 13.8. The summed E-state index contributed by atoms with van der Waals surface area (Å²) in [5, 5.41) is 0. The second-order valence-electron chi connectivity index (χ2n) is 4.22. The van der Waals surface area contributed by atoms with Crippen molar-refractivity contribution < 1.29 is 4.79 Å². The molecule has 0 aliphatic heterocycles. The van der Waals surface area contributed by atoms with Crippen LogP contribution in [-0.2, 0) is 0 Å². The van der Waals surface area contributed by atoms with E-state index in [0.29, 0.717) is 11.3 Å². The Morgan fingerprint density at radius 3 is 1.95 bits per heavy atom. The smallest absolute Gasteiger partial charge is 0.152 e. The first-order valence-corrected chi connectivity index (χ1v) is 6.15. The van der Waals surface area contributed by atoms with Gasteiger partial charge in [0.15, 0.2) is 6.29 Å². The Labute approximate surface area is 116 Å². The second kappa shape index (κ2) is 5.40. The summed E-state index contributed by atoms with van der Waals surface area (Å²) in [4.78, 5) is 23.8. The molecule has 0 aliphatic carbocycles. The van der Waals surface area contributed by atoms with Crippen molar-refractivity contribution in [1.29, 1.82) is 0 Å². The van der Waals surface area contributed by atoms with Crippen molar-refractivity contribution in [2.45, 2.75) is 0 Å². The molecule has 3 rings (SSSR count). The van der Waals surface area contributed by atoms with Gasteiger partial charge in [0, 0.05) is 41.5 Å². The van der Waals surface area contributed by atoms with Gasteiger partial charge in [0.2, 0.25) is 0 Å². The van der Waals surface area contributed by atoms with Gasteiger partial charge < -0.3 is 0 Å². The van der Waals surface area contributed by atoms with E-state index >= 15 is 0 Å². The molecule has 20 heavy (non-hydrogen) atoms. The molecule has 0 aliphatic rings. The van der Waals surface area contributed by atoms with Gasteiger partial charge in [0.25, 0.3) is 0 Å². The van der Waals surface area contributed by atoms with Gasteiger partial charge in [-0.25, -0.2) is 4.98 Å². The van der Waals surface area contributed by atoms with Crippen LogP contribution in [0.15, 0.2) is 61.2 Å². The van der Waals surface area contributed by atoms with E-state index in [9.17, 15) is 4.79 Å². The van der Waals surface area contributed by atoms with Gasteiger partial charge in [-0.15, -0.1) is 0 Å². The number of carbonyl (C=O) groups is 1. The largest absolute Gasteiger partial charge is 0.298 e. The van der Waals surface area contributed by atoms with E-state index in [1.807, 2.05) is 30.3 Å². The molecule has 96 valence electrons. The minimum atomic E-state index is 0.564. The van der Waals surface area contributed by atoms with Crippen LogP contribution in [0.3, 0.4) is 0 Å². The molecule has 0 N–H and O–H groups in total. The number of hydrogen-bond acceptors (Lipinski definition) is 4. The number of pyridine rings is 3.